The lowest BCUT2D eigenvalue weighted by Crippen LogP contribution is -1.98. The van der Waals surface area contributed by atoms with Crippen LogP contribution in [0.3, 0.4) is 0 Å². The van der Waals surface area contributed by atoms with Gasteiger partial charge in [-0.2, -0.15) is 0 Å². The van der Waals surface area contributed by atoms with Gasteiger partial charge in [0.15, 0.2) is 23.0 Å². The van der Waals surface area contributed by atoms with E-state index >= 15 is 0 Å². The molecule has 0 aliphatic heterocycles. The molecule has 0 spiro atoms. The number of phenols is 1. The number of hydrogen-bond donors (Lipinski definition) is 1. The average Bonchev–Trinajstić information content (AvgIpc) is 2.70. The molecule has 0 amide bonds. The van der Waals surface area contributed by atoms with Crippen LogP contribution in [0.25, 0.3) is 0 Å². The van der Waals surface area contributed by atoms with Crippen molar-refractivity contribution in [3.05, 3.63) is 41.5 Å². The van der Waals surface area contributed by atoms with Crippen LogP contribution in [0.5, 0.6) is 28.7 Å². The van der Waals surface area contributed by atoms with Crippen LogP contribution in [0.1, 0.15) is 37.8 Å². The molecule has 5 heteroatoms. The zero-order chi connectivity index (χ0) is 19.6. The Hall–Kier alpha value is -3.00. The Morgan fingerprint density at radius 2 is 1.41 bits per heavy atom. The van der Waals surface area contributed by atoms with Crippen molar-refractivity contribution in [2.45, 2.75) is 26.7 Å². The third-order valence-corrected chi connectivity index (χ3v) is 3.71. The minimum atomic E-state index is 0.0456. The predicted octanol–water partition coefficient (Wildman–Crippen LogP) is 4.39. The van der Waals surface area contributed by atoms with Gasteiger partial charge in [-0.05, 0) is 31.0 Å². The molecule has 0 atom stereocenters. The van der Waals surface area contributed by atoms with E-state index in [9.17, 15) is 5.11 Å². The van der Waals surface area contributed by atoms with Gasteiger partial charge < -0.3 is 24.1 Å². The van der Waals surface area contributed by atoms with Crippen LogP contribution in [0.4, 0.5) is 0 Å². The van der Waals surface area contributed by atoms with E-state index in [2.05, 4.69) is 11.8 Å². The van der Waals surface area contributed by atoms with Gasteiger partial charge in [-0.3, -0.25) is 0 Å². The summed E-state index contributed by atoms with van der Waals surface area (Å²) in [5, 5.41) is 10.2. The van der Waals surface area contributed by atoms with Crippen molar-refractivity contribution in [3.8, 4) is 40.6 Å². The van der Waals surface area contributed by atoms with Crippen molar-refractivity contribution in [2.75, 3.05) is 27.4 Å². The third-order valence-electron chi connectivity index (χ3n) is 3.71. The SMILES string of the molecule is CCCOc1ccc(C#Cc2cc(OC)c(OCCC)cc2O)cc1OC. The molecule has 144 valence electrons. The van der Waals surface area contributed by atoms with E-state index in [0.29, 0.717) is 41.8 Å². The summed E-state index contributed by atoms with van der Waals surface area (Å²) in [6.45, 7) is 5.24. The molecule has 2 aromatic rings. The summed E-state index contributed by atoms with van der Waals surface area (Å²) in [7, 11) is 3.15. The number of methoxy groups -OCH3 is 2. The van der Waals surface area contributed by atoms with Crippen molar-refractivity contribution < 1.29 is 24.1 Å². The Morgan fingerprint density at radius 1 is 0.778 bits per heavy atom. The fourth-order valence-electron chi connectivity index (χ4n) is 2.35. The molecule has 2 aromatic carbocycles. The number of benzene rings is 2. The fourth-order valence-corrected chi connectivity index (χ4v) is 2.35. The monoisotopic (exact) mass is 370 g/mol. The number of ether oxygens (including phenoxy) is 4. The molecule has 0 fully saturated rings. The van der Waals surface area contributed by atoms with Gasteiger partial charge in [-0.25, -0.2) is 0 Å². The largest absolute Gasteiger partial charge is 0.506 e. The molecule has 5 nitrogen and oxygen atoms in total. The summed E-state index contributed by atoms with van der Waals surface area (Å²) in [6.07, 6.45) is 1.79. The van der Waals surface area contributed by atoms with Gasteiger partial charge in [0, 0.05) is 17.7 Å². The van der Waals surface area contributed by atoms with Gasteiger partial charge in [0.1, 0.15) is 5.75 Å². The molecule has 0 bridgehead atoms. The lowest BCUT2D eigenvalue weighted by atomic mass is 10.1. The Bertz CT molecular complexity index is 817. The molecule has 0 aromatic heterocycles. The molecule has 0 radical (unpaired) electrons. The molecular formula is C22H26O5. The first kappa shape index (κ1) is 20.3. The highest BCUT2D eigenvalue weighted by atomic mass is 16.5. The van der Waals surface area contributed by atoms with Crippen LogP contribution < -0.4 is 18.9 Å². The first-order chi connectivity index (χ1) is 13.1. The average molecular weight is 370 g/mol. The second-order valence-corrected chi connectivity index (χ2v) is 5.83. The molecule has 1 N–H and O–H groups in total. The maximum absolute atomic E-state index is 10.2. The first-order valence-corrected chi connectivity index (χ1v) is 8.99. The minimum Gasteiger partial charge on any atom is -0.506 e. The smallest absolute Gasteiger partial charge is 0.164 e. The van der Waals surface area contributed by atoms with Crippen LogP contribution in [0, 0.1) is 11.8 Å². The van der Waals surface area contributed by atoms with Crippen LogP contribution in [-0.2, 0) is 0 Å². The van der Waals surface area contributed by atoms with Crippen LogP contribution in [-0.4, -0.2) is 32.5 Å². The zero-order valence-electron chi connectivity index (χ0n) is 16.3. The van der Waals surface area contributed by atoms with Crippen molar-refractivity contribution in [3.63, 3.8) is 0 Å². The van der Waals surface area contributed by atoms with E-state index in [1.54, 1.807) is 20.3 Å². The van der Waals surface area contributed by atoms with Crippen LogP contribution >= 0.6 is 0 Å². The summed E-state index contributed by atoms with van der Waals surface area (Å²) >= 11 is 0. The number of hydrogen-bond acceptors (Lipinski definition) is 5. The third kappa shape index (κ3) is 5.49. The Kier molecular flexibility index (Phi) is 7.69. The maximum Gasteiger partial charge on any atom is 0.164 e. The highest BCUT2D eigenvalue weighted by molar-refractivity contribution is 5.58. The van der Waals surface area contributed by atoms with E-state index in [-0.39, 0.29) is 5.75 Å². The van der Waals surface area contributed by atoms with Gasteiger partial charge in [0.05, 0.1) is 33.0 Å². The number of rotatable bonds is 8. The van der Waals surface area contributed by atoms with Gasteiger partial charge in [-0.1, -0.05) is 25.7 Å². The highest BCUT2D eigenvalue weighted by Gasteiger charge is 2.10. The predicted molar refractivity (Wildman–Crippen MR) is 105 cm³/mol. The quantitative estimate of drug-likeness (QED) is 0.699. The molecule has 0 aliphatic carbocycles. The van der Waals surface area contributed by atoms with Gasteiger partial charge in [0.25, 0.3) is 0 Å². The molecule has 0 heterocycles. The minimum absolute atomic E-state index is 0.0456. The van der Waals surface area contributed by atoms with E-state index in [1.807, 2.05) is 32.0 Å². The van der Waals surface area contributed by atoms with E-state index in [4.69, 9.17) is 18.9 Å². The standard InChI is InChI=1S/C22H26O5/c1-5-11-26-19-10-8-16(13-20(19)24-3)7-9-17-14-21(25-4)22(15-18(17)23)27-12-6-2/h8,10,13-15,23H,5-6,11-12H2,1-4H3. The number of phenolic OH excluding ortho intramolecular Hbond substituents is 1. The van der Waals surface area contributed by atoms with Gasteiger partial charge >= 0.3 is 0 Å². The Balaban J connectivity index is 2.28. The highest BCUT2D eigenvalue weighted by Crippen LogP contribution is 2.34. The number of aromatic hydroxyl groups is 1. The summed E-state index contributed by atoms with van der Waals surface area (Å²) in [6, 6.07) is 8.70. The Labute approximate surface area is 160 Å². The van der Waals surface area contributed by atoms with Crippen molar-refractivity contribution in [1.29, 1.82) is 0 Å². The van der Waals surface area contributed by atoms with E-state index < -0.39 is 0 Å². The summed E-state index contributed by atoms with van der Waals surface area (Å²) in [4.78, 5) is 0. The molecular weight excluding hydrogens is 344 g/mol. The van der Waals surface area contributed by atoms with Crippen molar-refractivity contribution in [2.24, 2.45) is 0 Å². The maximum atomic E-state index is 10.2. The Morgan fingerprint density at radius 3 is 2.04 bits per heavy atom. The molecule has 27 heavy (non-hydrogen) atoms. The van der Waals surface area contributed by atoms with Crippen molar-refractivity contribution >= 4 is 0 Å². The first-order valence-electron chi connectivity index (χ1n) is 8.99. The normalized spacial score (nSPS) is 9.93. The van der Waals surface area contributed by atoms with Gasteiger partial charge in [0.2, 0.25) is 0 Å². The van der Waals surface area contributed by atoms with Crippen LogP contribution in [0.15, 0.2) is 30.3 Å². The summed E-state index contributed by atoms with van der Waals surface area (Å²) in [5.41, 5.74) is 1.21. The zero-order valence-corrected chi connectivity index (χ0v) is 16.3. The van der Waals surface area contributed by atoms with Gasteiger partial charge in [-0.15, -0.1) is 0 Å². The lowest BCUT2D eigenvalue weighted by Gasteiger charge is -2.11. The van der Waals surface area contributed by atoms with E-state index in [0.717, 1.165) is 18.4 Å². The lowest BCUT2D eigenvalue weighted by molar-refractivity contribution is 0.292. The molecule has 0 aliphatic rings. The van der Waals surface area contributed by atoms with Crippen molar-refractivity contribution in [1.82, 2.24) is 0 Å². The second kappa shape index (κ2) is 10.2. The van der Waals surface area contributed by atoms with Crippen LogP contribution in [0.2, 0.25) is 0 Å². The summed E-state index contributed by atoms with van der Waals surface area (Å²) < 4.78 is 21.9. The fraction of sp³-hybridized carbons (Fsp3) is 0.364. The topological polar surface area (TPSA) is 57.2 Å². The molecule has 0 unspecified atom stereocenters. The second-order valence-electron chi connectivity index (χ2n) is 5.83. The summed E-state index contributed by atoms with van der Waals surface area (Å²) in [5.74, 6) is 8.39. The molecule has 2 rings (SSSR count). The molecule has 0 saturated heterocycles. The molecule has 0 saturated carbocycles. The van der Waals surface area contributed by atoms with E-state index in [1.165, 1.54) is 6.07 Å².